The number of hydrogen-bond acceptors (Lipinski definition) is 3. The molecule has 0 aliphatic carbocycles. The highest BCUT2D eigenvalue weighted by molar-refractivity contribution is 7.88. The van der Waals surface area contributed by atoms with Crippen molar-refractivity contribution in [2.24, 2.45) is 0 Å². The second kappa shape index (κ2) is 7.19. The van der Waals surface area contributed by atoms with Crippen LogP contribution in [0.2, 0.25) is 0 Å². The predicted octanol–water partition coefficient (Wildman–Crippen LogP) is 1.59. The molecule has 0 unspecified atom stereocenters. The van der Waals surface area contributed by atoms with E-state index in [2.05, 4.69) is 10.0 Å². The lowest BCUT2D eigenvalue weighted by molar-refractivity contribution is -0.126. The third-order valence-electron chi connectivity index (χ3n) is 3.14. The first-order valence-electron chi connectivity index (χ1n) is 7.04. The van der Waals surface area contributed by atoms with Crippen LogP contribution in [-0.2, 0) is 21.2 Å². The van der Waals surface area contributed by atoms with Crippen molar-refractivity contribution in [1.29, 1.82) is 0 Å². The van der Waals surface area contributed by atoms with E-state index >= 15 is 0 Å². The van der Waals surface area contributed by atoms with Crippen LogP contribution in [0.1, 0.15) is 32.8 Å². The van der Waals surface area contributed by atoms with Gasteiger partial charge in [-0.3, -0.25) is 4.79 Å². The van der Waals surface area contributed by atoms with E-state index in [1.807, 2.05) is 13.0 Å². The van der Waals surface area contributed by atoms with Gasteiger partial charge in [-0.1, -0.05) is 12.1 Å². The molecule has 5 nitrogen and oxygen atoms in total. The van der Waals surface area contributed by atoms with Gasteiger partial charge in [-0.05, 0) is 51.3 Å². The zero-order valence-electron chi connectivity index (χ0n) is 13.3. The molecule has 1 rings (SSSR count). The van der Waals surface area contributed by atoms with Crippen molar-refractivity contribution in [3.63, 3.8) is 0 Å². The highest BCUT2D eigenvalue weighted by Gasteiger charge is 2.31. The van der Waals surface area contributed by atoms with E-state index in [0.29, 0.717) is 12.8 Å². The summed E-state index contributed by atoms with van der Waals surface area (Å²) in [5, 5.41) is 2.77. The fourth-order valence-corrected chi connectivity index (χ4v) is 3.08. The third-order valence-corrected chi connectivity index (χ3v) is 4.02. The standard InChI is InChI=1S/C15H23FN2O3S/c1-11(8-9-12-6-5-7-13(16)10-12)17-14(19)15(2,3)18-22(4,20)21/h5-7,10-11,18H,8-9H2,1-4H3,(H,17,19)/t11-/m0/s1. The predicted molar refractivity (Wildman–Crippen MR) is 84.4 cm³/mol. The molecule has 0 spiro atoms. The molecule has 1 aromatic rings. The van der Waals surface area contributed by atoms with E-state index in [9.17, 15) is 17.6 Å². The molecule has 0 saturated carbocycles. The number of halogens is 1. The lowest BCUT2D eigenvalue weighted by Gasteiger charge is -2.26. The van der Waals surface area contributed by atoms with Crippen LogP contribution in [0.4, 0.5) is 4.39 Å². The normalized spacial score (nSPS) is 13.7. The molecule has 0 fully saturated rings. The molecule has 0 bridgehead atoms. The van der Waals surface area contributed by atoms with Crippen LogP contribution in [0.5, 0.6) is 0 Å². The van der Waals surface area contributed by atoms with Crippen LogP contribution in [0.3, 0.4) is 0 Å². The monoisotopic (exact) mass is 330 g/mol. The van der Waals surface area contributed by atoms with Gasteiger partial charge in [-0.2, -0.15) is 0 Å². The molecular weight excluding hydrogens is 307 g/mol. The van der Waals surface area contributed by atoms with Crippen LogP contribution in [0, 0.1) is 5.82 Å². The number of benzene rings is 1. The Hall–Kier alpha value is -1.47. The number of hydrogen-bond donors (Lipinski definition) is 2. The van der Waals surface area contributed by atoms with E-state index in [1.54, 1.807) is 6.07 Å². The maximum absolute atomic E-state index is 13.1. The lowest BCUT2D eigenvalue weighted by atomic mass is 10.0. The molecule has 124 valence electrons. The van der Waals surface area contributed by atoms with Gasteiger partial charge in [0.1, 0.15) is 11.4 Å². The van der Waals surface area contributed by atoms with Crippen molar-refractivity contribution < 1.29 is 17.6 Å². The molecule has 22 heavy (non-hydrogen) atoms. The quantitative estimate of drug-likeness (QED) is 0.797. The van der Waals surface area contributed by atoms with Gasteiger partial charge in [0.25, 0.3) is 0 Å². The van der Waals surface area contributed by atoms with Crippen molar-refractivity contribution in [3.8, 4) is 0 Å². The molecule has 0 saturated heterocycles. The van der Waals surface area contributed by atoms with Crippen molar-refractivity contribution >= 4 is 15.9 Å². The van der Waals surface area contributed by atoms with Crippen molar-refractivity contribution in [2.45, 2.75) is 45.2 Å². The van der Waals surface area contributed by atoms with Gasteiger partial charge < -0.3 is 5.32 Å². The molecule has 0 aliphatic rings. The average Bonchev–Trinajstić information content (AvgIpc) is 2.33. The number of aryl methyl sites for hydroxylation is 1. The first-order valence-corrected chi connectivity index (χ1v) is 8.93. The molecule has 1 amide bonds. The van der Waals surface area contributed by atoms with Crippen LogP contribution >= 0.6 is 0 Å². The summed E-state index contributed by atoms with van der Waals surface area (Å²) in [5.74, 6) is -0.683. The minimum absolute atomic E-state index is 0.156. The summed E-state index contributed by atoms with van der Waals surface area (Å²) < 4.78 is 37.9. The maximum Gasteiger partial charge on any atom is 0.240 e. The molecule has 2 N–H and O–H groups in total. The zero-order chi connectivity index (χ0) is 17.0. The molecular formula is C15H23FN2O3S. The van der Waals surface area contributed by atoms with E-state index < -0.39 is 21.5 Å². The summed E-state index contributed by atoms with van der Waals surface area (Å²) in [6, 6.07) is 6.16. The Kier molecular flexibility index (Phi) is 6.08. The van der Waals surface area contributed by atoms with Crippen molar-refractivity contribution in [3.05, 3.63) is 35.6 Å². The summed E-state index contributed by atoms with van der Waals surface area (Å²) in [6.07, 6.45) is 2.26. The number of sulfonamides is 1. The van der Waals surface area contributed by atoms with Gasteiger partial charge in [-0.25, -0.2) is 17.5 Å². The summed E-state index contributed by atoms with van der Waals surface area (Å²) in [7, 11) is -3.48. The zero-order valence-corrected chi connectivity index (χ0v) is 14.1. The Morgan fingerprint density at radius 3 is 2.55 bits per heavy atom. The molecule has 0 radical (unpaired) electrons. The topological polar surface area (TPSA) is 75.3 Å². The molecule has 0 aromatic heterocycles. The smallest absolute Gasteiger partial charge is 0.240 e. The summed E-state index contributed by atoms with van der Waals surface area (Å²) in [5.41, 5.74) is -0.365. The molecule has 1 aromatic carbocycles. The number of carbonyl (C=O) groups is 1. The Balaban J connectivity index is 2.54. The maximum atomic E-state index is 13.1. The first-order chi connectivity index (χ1) is 9.99. The van der Waals surface area contributed by atoms with Crippen molar-refractivity contribution in [2.75, 3.05) is 6.26 Å². The Bertz CT molecular complexity index is 629. The van der Waals surface area contributed by atoms with Gasteiger partial charge in [0.2, 0.25) is 15.9 Å². The number of nitrogens with one attached hydrogen (secondary N) is 2. The molecule has 7 heteroatoms. The Labute approximate surface area is 131 Å². The molecule has 1 atom stereocenters. The van der Waals surface area contributed by atoms with Gasteiger partial charge >= 0.3 is 0 Å². The molecule has 0 heterocycles. The fourth-order valence-electron chi connectivity index (χ4n) is 2.06. The second-order valence-corrected chi connectivity index (χ2v) is 7.79. The minimum atomic E-state index is -3.48. The van der Waals surface area contributed by atoms with E-state index in [-0.39, 0.29) is 11.9 Å². The number of rotatable bonds is 7. The van der Waals surface area contributed by atoms with Crippen LogP contribution < -0.4 is 10.0 Å². The first kappa shape index (κ1) is 18.6. The summed E-state index contributed by atoms with van der Waals surface area (Å²) >= 11 is 0. The van der Waals surface area contributed by atoms with E-state index in [1.165, 1.54) is 26.0 Å². The van der Waals surface area contributed by atoms with E-state index in [0.717, 1.165) is 11.8 Å². The van der Waals surface area contributed by atoms with Crippen LogP contribution in [0.25, 0.3) is 0 Å². The highest BCUT2D eigenvalue weighted by Crippen LogP contribution is 2.09. The summed E-state index contributed by atoms with van der Waals surface area (Å²) in [6.45, 7) is 4.83. The highest BCUT2D eigenvalue weighted by atomic mass is 32.2. The van der Waals surface area contributed by atoms with Crippen LogP contribution in [-0.4, -0.2) is 32.2 Å². The van der Waals surface area contributed by atoms with Gasteiger partial charge in [0.05, 0.1) is 6.26 Å². The number of amides is 1. The summed E-state index contributed by atoms with van der Waals surface area (Å²) in [4.78, 5) is 12.1. The van der Waals surface area contributed by atoms with Crippen LogP contribution in [0.15, 0.2) is 24.3 Å². The average molecular weight is 330 g/mol. The Morgan fingerprint density at radius 2 is 2.00 bits per heavy atom. The van der Waals surface area contributed by atoms with Gasteiger partial charge in [0.15, 0.2) is 0 Å². The van der Waals surface area contributed by atoms with Crippen molar-refractivity contribution in [1.82, 2.24) is 10.0 Å². The third kappa shape index (κ3) is 6.53. The Morgan fingerprint density at radius 1 is 1.36 bits per heavy atom. The minimum Gasteiger partial charge on any atom is -0.352 e. The number of carbonyl (C=O) groups excluding carboxylic acids is 1. The van der Waals surface area contributed by atoms with Gasteiger partial charge in [-0.15, -0.1) is 0 Å². The second-order valence-electron chi connectivity index (χ2n) is 6.04. The largest absolute Gasteiger partial charge is 0.352 e. The van der Waals surface area contributed by atoms with Gasteiger partial charge in [0, 0.05) is 6.04 Å². The van der Waals surface area contributed by atoms with E-state index in [4.69, 9.17) is 0 Å². The SMILES string of the molecule is C[C@@H](CCc1cccc(F)c1)NC(=O)C(C)(C)NS(C)(=O)=O. The molecule has 0 aliphatic heterocycles. The lowest BCUT2D eigenvalue weighted by Crippen LogP contribution is -2.56. The fraction of sp³-hybridized carbons (Fsp3) is 0.533.